The molecule has 0 radical (unpaired) electrons. The Morgan fingerprint density at radius 3 is 3.00 bits per heavy atom. The molecule has 1 aromatic heterocycles. The average Bonchev–Trinajstić information content (AvgIpc) is 2.38. The molecule has 0 nitrogen and oxygen atoms in total. The molecule has 0 aliphatic carbocycles. The van der Waals surface area contributed by atoms with Crippen molar-refractivity contribution in [1.82, 2.24) is 0 Å². The molecule has 0 saturated heterocycles. The molecule has 1 rings (SSSR count). The topological polar surface area (TPSA) is 0 Å². The number of hydrogen-bond acceptors (Lipinski definition) is 1. The van der Waals surface area contributed by atoms with Gasteiger partial charge in [-0.1, -0.05) is 13.0 Å². The van der Waals surface area contributed by atoms with Gasteiger partial charge in [-0.2, -0.15) is 0 Å². The molecule has 1 heterocycles. The highest BCUT2D eigenvalue weighted by Crippen LogP contribution is 2.23. The third kappa shape index (κ3) is 1.99. The molecule has 0 aliphatic heterocycles. The van der Waals surface area contributed by atoms with Crippen molar-refractivity contribution in [1.29, 1.82) is 0 Å². The summed E-state index contributed by atoms with van der Waals surface area (Å²) in [6, 6.07) is 4.26. The second kappa shape index (κ2) is 3.99. The van der Waals surface area contributed by atoms with E-state index in [1.807, 2.05) is 11.3 Å². The van der Waals surface area contributed by atoms with E-state index >= 15 is 0 Å². The molecule has 0 bridgehead atoms. The van der Waals surface area contributed by atoms with E-state index in [0.717, 1.165) is 12.3 Å². The van der Waals surface area contributed by atoms with E-state index in [0.29, 0.717) is 5.92 Å². The first-order valence-electron chi connectivity index (χ1n) is 3.44. The first-order chi connectivity index (χ1) is 4.84. The number of thiophene rings is 1. The zero-order chi connectivity index (χ0) is 7.40. The lowest BCUT2D eigenvalue weighted by Crippen LogP contribution is -1.89. The van der Waals surface area contributed by atoms with Gasteiger partial charge >= 0.3 is 0 Å². The maximum Gasteiger partial charge on any atom is 0.0229 e. The molecule has 0 amide bonds. The molecule has 1 aromatic rings. The minimum atomic E-state index is 0.637. The Labute approximate surface area is 70.8 Å². The van der Waals surface area contributed by atoms with Crippen LogP contribution < -0.4 is 0 Å². The van der Waals surface area contributed by atoms with Crippen molar-refractivity contribution in [2.75, 3.05) is 5.88 Å². The molecule has 0 fully saturated rings. The van der Waals surface area contributed by atoms with Gasteiger partial charge in [-0.25, -0.2) is 0 Å². The van der Waals surface area contributed by atoms with Gasteiger partial charge in [0.25, 0.3) is 0 Å². The molecule has 1 atom stereocenters. The smallest absolute Gasteiger partial charge is 0.0229 e. The number of hydrogen-bond donors (Lipinski definition) is 0. The molecule has 0 aromatic carbocycles. The van der Waals surface area contributed by atoms with Crippen molar-refractivity contribution in [3.63, 3.8) is 0 Å². The van der Waals surface area contributed by atoms with Crippen LogP contribution >= 0.6 is 22.9 Å². The van der Waals surface area contributed by atoms with Crippen molar-refractivity contribution in [3.05, 3.63) is 22.4 Å². The van der Waals surface area contributed by atoms with Gasteiger partial charge in [-0.15, -0.1) is 22.9 Å². The third-order valence-electron chi connectivity index (χ3n) is 1.57. The fraction of sp³-hybridized carbons (Fsp3) is 0.500. The predicted octanol–water partition coefficient (Wildman–Crippen LogP) is 3.48. The van der Waals surface area contributed by atoms with Crippen LogP contribution in [0.4, 0.5) is 0 Å². The lowest BCUT2D eigenvalue weighted by atomic mass is 10.1. The summed E-state index contributed by atoms with van der Waals surface area (Å²) in [6.07, 6.45) is 1.09. The fourth-order valence-electron chi connectivity index (χ4n) is 0.878. The standard InChI is InChI=1S/C8H11ClS/c1-7(4-5-9)8-3-2-6-10-8/h2-3,6-7H,4-5H2,1H3. The molecule has 0 N–H and O–H groups in total. The van der Waals surface area contributed by atoms with Crippen molar-refractivity contribution >= 4 is 22.9 Å². The Balaban J connectivity index is 2.50. The Morgan fingerprint density at radius 1 is 1.70 bits per heavy atom. The zero-order valence-corrected chi connectivity index (χ0v) is 7.58. The summed E-state index contributed by atoms with van der Waals surface area (Å²) in [6.45, 7) is 2.22. The van der Waals surface area contributed by atoms with E-state index in [9.17, 15) is 0 Å². The Kier molecular flexibility index (Phi) is 3.23. The van der Waals surface area contributed by atoms with Crippen LogP contribution in [0.3, 0.4) is 0 Å². The van der Waals surface area contributed by atoms with Crippen molar-refractivity contribution in [2.24, 2.45) is 0 Å². The van der Waals surface area contributed by atoms with Gasteiger partial charge < -0.3 is 0 Å². The molecule has 0 saturated carbocycles. The highest BCUT2D eigenvalue weighted by atomic mass is 35.5. The van der Waals surface area contributed by atoms with Crippen molar-refractivity contribution in [2.45, 2.75) is 19.3 Å². The van der Waals surface area contributed by atoms with Gasteiger partial charge in [0.1, 0.15) is 0 Å². The van der Waals surface area contributed by atoms with Gasteiger partial charge in [0.05, 0.1) is 0 Å². The summed E-state index contributed by atoms with van der Waals surface area (Å²) in [5, 5.41) is 2.11. The second-order valence-electron chi connectivity index (χ2n) is 2.39. The molecule has 1 unspecified atom stereocenters. The van der Waals surface area contributed by atoms with Crippen LogP contribution in [0.25, 0.3) is 0 Å². The lowest BCUT2D eigenvalue weighted by molar-refractivity contribution is 0.753. The van der Waals surface area contributed by atoms with Gasteiger partial charge in [-0.05, 0) is 23.8 Å². The van der Waals surface area contributed by atoms with Gasteiger partial charge in [-0.3, -0.25) is 0 Å². The summed E-state index contributed by atoms with van der Waals surface area (Å²) in [7, 11) is 0. The summed E-state index contributed by atoms with van der Waals surface area (Å²) in [5.74, 6) is 1.40. The lowest BCUT2D eigenvalue weighted by Gasteiger charge is -2.04. The van der Waals surface area contributed by atoms with Gasteiger partial charge in [0.15, 0.2) is 0 Å². The first-order valence-corrected chi connectivity index (χ1v) is 4.85. The van der Waals surface area contributed by atoms with Crippen LogP contribution in [-0.4, -0.2) is 5.88 Å². The molecule has 10 heavy (non-hydrogen) atoms. The van der Waals surface area contributed by atoms with Crippen molar-refractivity contribution in [3.8, 4) is 0 Å². The molecular weight excluding hydrogens is 164 g/mol. The van der Waals surface area contributed by atoms with Crippen LogP contribution in [0.15, 0.2) is 17.5 Å². The zero-order valence-electron chi connectivity index (χ0n) is 6.01. The Bertz CT molecular complexity index is 169. The van der Waals surface area contributed by atoms with E-state index < -0.39 is 0 Å². The summed E-state index contributed by atoms with van der Waals surface area (Å²) >= 11 is 7.43. The van der Waals surface area contributed by atoms with Crippen LogP contribution in [0, 0.1) is 0 Å². The molecule has 0 aliphatic rings. The quantitative estimate of drug-likeness (QED) is 0.616. The molecule has 56 valence electrons. The largest absolute Gasteiger partial charge is 0.149 e. The third-order valence-corrected chi connectivity index (χ3v) is 2.89. The van der Waals surface area contributed by atoms with Crippen molar-refractivity contribution < 1.29 is 0 Å². The van der Waals surface area contributed by atoms with Gasteiger partial charge in [0, 0.05) is 10.8 Å². The molecule has 0 spiro atoms. The van der Waals surface area contributed by atoms with E-state index in [1.54, 1.807) is 0 Å². The average molecular weight is 175 g/mol. The number of alkyl halides is 1. The monoisotopic (exact) mass is 174 g/mol. The highest BCUT2D eigenvalue weighted by Gasteiger charge is 2.03. The Morgan fingerprint density at radius 2 is 2.50 bits per heavy atom. The fourth-order valence-corrected chi connectivity index (χ4v) is 2.03. The van der Waals surface area contributed by atoms with E-state index in [1.165, 1.54) is 4.88 Å². The highest BCUT2D eigenvalue weighted by molar-refractivity contribution is 7.10. The van der Waals surface area contributed by atoms with Crippen LogP contribution in [0.1, 0.15) is 24.1 Å². The van der Waals surface area contributed by atoms with E-state index in [4.69, 9.17) is 11.6 Å². The van der Waals surface area contributed by atoms with Crippen LogP contribution in [-0.2, 0) is 0 Å². The maximum absolute atomic E-state index is 5.62. The normalized spacial score (nSPS) is 13.4. The maximum atomic E-state index is 5.62. The van der Waals surface area contributed by atoms with Crippen LogP contribution in [0.5, 0.6) is 0 Å². The molecular formula is C8H11ClS. The molecule has 2 heteroatoms. The SMILES string of the molecule is CC(CCCl)c1cccs1. The minimum absolute atomic E-state index is 0.637. The predicted molar refractivity (Wildman–Crippen MR) is 48.1 cm³/mol. The summed E-state index contributed by atoms with van der Waals surface area (Å²) < 4.78 is 0. The second-order valence-corrected chi connectivity index (χ2v) is 3.75. The van der Waals surface area contributed by atoms with Gasteiger partial charge in [0.2, 0.25) is 0 Å². The summed E-state index contributed by atoms with van der Waals surface area (Å²) in [4.78, 5) is 1.45. The number of rotatable bonds is 3. The first kappa shape index (κ1) is 8.09. The Hall–Kier alpha value is -0.0100. The van der Waals surface area contributed by atoms with E-state index in [2.05, 4.69) is 24.4 Å². The number of halogens is 1. The van der Waals surface area contributed by atoms with E-state index in [-0.39, 0.29) is 0 Å². The summed E-state index contributed by atoms with van der Waals surface area (Å²) in [5.41, 5.74) is 0. The minimum Gasteiger partial charge on any atom is -0.149 e. The van der Waals surface area contributed by atoms with Crippen LogP contribution in [0.2, 0.25) is 0 Å².